The summed E-state index contributed by atoms with van der Waals surface area (Å²) < 4.78 is 5.21. The van der Waals surface area contributed by atoms with Crippen LogP contribution in [0.2, 0.25) is 0 Å². The highest BCUT2D eigenvalue weighted by Gasteiger charge is 2.04. The van der Waals surface area contributed by atoms with Gasteiger partial charge in [-0.1, -0.05) is 0 Å². The Hall–Kier alpha value is -0.410. The second kappa shape index (κ2) is 3.83. The first-order valence-corrected chi connectivity index (χ1v) is 4.18. The molecule has 0 bridgehead atoms. The minimum absolute atomic E-state index is 0.677. The Morgan fingerprint density at radius 3 is 2.82 bits per heavy atom. The van der Waals surface area contributed by atoms with Crippen molar-refractivity contribution >= 4 is 12.6 Å². The lowest BCUT2D eigenvalue weighted by molar-refractivity contribution is 0.396. The summed E-state index contributed by atoms with van der Waals surface area (Å²) in [5.41, 5.74) is 1.23. The van der Waals surface area contributed by atoms with Crippen molar-refractivity contribution in [3.63, 3.8) is 0 Å². The summed E-state index contributed by atoms with van der Waals surface area (Å²) in [6.45, 7) is 0.923. The average molecular weight is 171 g/mol. The molecule has 3 heteroatoms. The van der Waals surface area contributed by atoms with Gasteiger partial charge in [0.1, 0.15) is 5.76 Å². The van der Waals surface area contributed by atoms with Crippen LogP contribution in [0.25, 0.3) is 0 Å². The Bertz CT molecular complexity index is 220. The van der Waals surface area contributed by atoms with Gasteiger partial charge in [-0.3, -0.25) is 0 Å². The Kier molecular flexibility index (Phi) is 3.02. The van der Waals surface area contributed by atoms with Gasteiger partial charge in [0.15, 0.2) is 0 Å². The van der Waals surface area contributed by atoms with Gasteiger partial charge in [0.2, 0.25) is 0 Å². The molecule has 0 unspecified atom stereocenters. The second-order valence-electron chi connectivity index (χ2n) is 2.76. The molecular formula is C8H13NOS. The van der Waals surface area contributed by atoms with Crippen LogP contribution in [0.5, 0.6) is 0 Å². The first kappa shape index (κ1) is 8.68. The number of rotatable bonds is 3. The molecule has 0 aliphatic carbocycles. The first-order chi connectivity index (χ1) is 5.24. The van der Waals surface area contributed by atoms with E-state index in [1.807, 2.05) is 20.2 Å². The molecule has 0 aliphatic heterocycles. The van der Waals surface area contributed by atoms with Crippen molar-refractivity contribution in [2.75, 3.05) is 14.1 Å². The largest absolute Gasteiger partial charge is 0.468 e. The van der Waals surface area contributed by atoms with Gasteiger partial charge in [-0.25, -0.2) is 0 Å². The number of thiol groups is 1. The molecule has 0 atom stereocenters. The van der Waals surface area contributed by atoms with Gasteiger partial charge in [0, 0.05) is 17.9 Å². The van der Waals surface area contributed by atoms with Gasteiger partial charge in [0.25, 0.3) is 0 Å². The number of hydrogen-bond acceptors (Lipinski definition) is 3. The molecule has 0 aromatic carbocycles. The maximum Gasteiger partial charge on any atom is 0.117 e. The summed E-state index contributed by atoms with van der Waals surface area (Å²) in [6.07, 6.45) is 1.71. The van der Waals surface area contributed by atoms with Crippen LogP contribution in [0.4, 0.5) is 0 Å². The normalized spacial score (nSPS) is 10.9. The third-order valence-electron chi connectivity index (χ3n) is 1.47. The van der Waals surface area contributed by atoms with Crippen LogP contribution in [-0.2, 0) is 12.3 Å². The van der Waals surface area contributed by atoms with E-state index in [4.69, 9.17) is 4.42 Å². The van der Waals surface area contributed by atoms with E-state index in [0.29, 0.717) is 5.75 Å². The Balaban J connectivity index is 2.68. The van der Waals surface area contributed by atoms with E-state index in [0.717, 1.165) is 12.3 Å². The van der Waals surface area contributed by atoms with Crippen LogP contribution in [0.1, 0.15) is 11.3 Å². The fraction of sp³-hybridized carbons (Fsp3) is 0.500. The molecule has 0 radical (unpaired) electrons. The molecular weight excluding hydrogens is 158 g/mol. The zero-order valence-electron chi connectivity index (χ0n) is 6.87. The molecule has 11 heavy (non-hydrogen) atoms. The van der Waals surface area contributed by atoms with Crippen molar-refractivity contribution in [2.45, 2.75) is 12.3 Å². The van der Waals surface area contributed by atoms with Crippen molar-refractivity contribution in [1.29, 1.82) is 0 Å². The molecule has 0 saturated carbocycles. The van der Waals surface area contributed by atoms with E-state index in [9.17, 15) is 0 Å². The smallest absolute Gasteiger partial charge is 0.117 e. The van der Waals surface area contributed by atoms with Gasteiger partial charge in [0.05, 0.1) is 6.26 Å². The van der Waals surface area contributed by atoms with E-state index in [1.165, 1.54) is 5.56 Å². The maximum absolute atomic E-state index is 5.21. The maximum atomic E-state index is 5.21. The van der Waals surface area contributed by atoms with Gasteiger partial charge in [-0.15, -0.1) is 0 Å². The number of furan rings is 1. The number of nitrogens with zero attached hydrogens (tertiary/aromatic N) is 1. The Morgan fingerprint density at radius 1 is 1.55 bits per heavy atom. The van der Waals surface area contributed by atoms with Crippen LogP contribution in [0.15, 0.2) is 16.7 Å². The van der Waals surface area contributed by atoms with Crippen molar-refractivity contribution in [1.82, 2.24) is 4.90 Å². The summed E-state index contributed by atoms with van der Waals surface area (Å²) >= 11 is 4.16. The minimum Gasteiger partial charge on any atom is -0.468 e. The lowest BCUT2D eigenvalue weighted by Gasteiger charge is -2.07. The Labute approximate surface area is 72.6 Å². The van der Waals surface area contributed by atoms with Crippen molar-refractivity contribution < 1.29 is 4.42 Å². The minimum atomic E-state index is 0.677. The van der Waals surface area contributed by atoms with E-state index >= 15 is 0 Å². The first-order valence-electron chi connectivity index (χ1n) is 3.55. The summed E-state index contributed by atoms with van der Waals surface area (Å²) in [5.74, 6) is 1.65. The Morgan fingerprint density at radius 2 is 2.27 bits per heavy atom. The molecule has 0 aliphatic rings. The molecule has 1 aromatic rings. The molecule has 0 fully saturated rings. The summed E-state index contributed by atoms with van der Waals surface area (Å²) in [7, 11) is 4.07. The fourth-order valence-corrected chi connectivity index (χ4v) is 1.26. The second-order valence-corrected chi connectivity index (χ2v) is 3.08. The lowest BCUT2D eigenvalue weighted by Crippen LogP contribution is -2.10. The van der Waals surface area contributed by atoms with E-state index in [2.05, 4.69) is 17.5 Å². The summed E-state index contributed by atoms with van der Waals surface area (Å²) in [4.78, 5) is 2.11. The zero-order chi connectivity index (χ0) is 8.27. The predicted molar refractivity (Wildman–Crippen MR) is 48.8 cm³/mol. The van der Waals surface area contributed by atoms with Crippen molar-refractivity contribution in [3.8, 4) is 0 Å². The van der Waals surface area contributed by atoms with Crippen LogP contribution >= 0.6 is 12.6 Å². The molecule has 62 valence electrons. The molecule has 0 spiro atoms. The van der Waals surface area contributed by atoms with Crippen LogP contribution < -0.4 is 0 Å². The molecule has 0 amide bonds. The third kappa shape index (κ3) is 2.27. The summed E-state index contributed by atoms with van der Waals surface area (Å²) in [5, 5.41) is 0. The molecule has 1 rings (SSSR count). The quantitative estimate of drug-likeness (QED) is 0.698. The van der Waals surface area contributed by atoms with Crippen molar-refractivity contribution in [3.05, 3.63) is 23.7 Å². The van der Waals surface area contributed by atoms with Gasteiger partial charge < -0.3 is 9.32 Å². The van der Waals surface area contributed by atoms with Crippen LogP contribution in [0.3, 0.4) is 0 Å². The van der Waals surface area contributed by atoms with Gasteiger partial charge in [-0.05, 0) is 20.2 Å². The van der Waals surface area contributed by atoms with Crippen LogP contribution in [0, 0.1) is 0 Å². The van der Waals surface area contributed by atoms with E-state index in [1.54, 1.807) is 6.26 Å². The average Bonchev–Trinajstić information content (AvgIpc) is 2.34. The molecule has 0 N–H and O–H groups in total. The molecule has 1 aromatic heterocycles. The van der Waals surface area contributed by atoms with E-state index < -0.39 is 0 Å². The predicted octanol–water partition coefficient (Wildman–Crippen LogP) is 1.77. The molecule has 2 nitrogen and oxygen atoms in total. The highest BCUT2D eigenvalue weighted by molar-refractivity contribution is 7.79. The fourth-order valence-electron chi connectivity index (χ4n) is 0.987. The monoisotopic (exact) mass is 171 g/mol. The van der Waals surface area contributed by atoms with Crippen LogP contribution in [-0.4, -0.2) is 19.0 Å². The zero-order valence-corrected chi connectivity index (χ0v) is 7.77. The summed E-state index contributed by atoms with van der Waals surface area (Å²) in [6, 6.07) is 1.99. The molecule has 1 heterocycles. The van der Waals surface area contributed by atoms with E-state index in [-0.39, 0.29) is 0 Å². The van der Waals surface area contributed by atoms with Crippen molar-refractivity contribution in [2.24, 2.45) is 0 Å². The SMILES string of the molecule is CN(C)Cc1ccoc1CS. The highest BCUT2D eigenvalue weighted by atomic mass is 32.1. The molecule has 0 saturated heterocycles. The lowest BCUT2D eigenvalue weighted by atomic mass is 10.2. The van der Waals surface area contributed by atoms with Gasteiger partial charge >= 0.3 is 0 Å². The standard InChI is InChI=1S/C8H13NOS/c1-9(2)5-7-3-4-10-8(7)6-11/h3-4,11H,5-6H2,1-2H3. The number of hydrogen-bond donors (Lipinski definition) is 1. The third-order valence-corrected chi connectivity index (χ3v) is 1.76. The highest BCUT2D eigenvalue weighted by Crippen LogP contribution is 2.13. The topological polar surface area (TPSA) is 16.4 Å². The van der Waals surface area contributed by atoms with Gasteiger partial charge in [-0.2, -0.15) is 12.6 Å².